The summed E-state index contributed by atoms with van der Waals surface area (Å²) in [5.74, 6) is 0.822. The van der Waals surface area contributed by atoms with E-state index >= 15 is 0 Å². The average molecular weight is 288 g/mol. The van der Waals surface area contributed by atoms with Gasteiger partial charge in [0, 0.05) is 19.2 Å². The lowest BCUT2D eigenvalue weighted by Gasteiger charge is -2.38. The van der Waals surface area contributed by atoms with Crippen LogP contribution in [0.5, 0.6) is 0 Å². The van der Waals surface area contributed by atoms with E-state index in [1.54, 1.807) is 0 Å². The standard InChI is InChI=1S/C18H28N2O/c1-14(21)19-17-7-5-15(6-8-17)13-20-11-9-16(10-12-20)18(2,3)4/h5-8,16H,9-13H2,1-4H3,(H,19,21). The molecule has 1 aliphatic rings. The molecule has 0 atom stereocenters. The molecule has 1 aliphatic heterocycles. The molecule has 3 heteroatoms. The van der Waals surface area contributed by atoms with Crippen LogP contribution in [-0.2, 0) is 11.3 Å². The van der Waals surface area contributed by atoms with Crippen LogP contribution in [0.4, 0.5) is 5.69 Å². The van der Waals surface area contributed by atoms with Gasteiger partial charge in [-0.05, 0) is 55.0 Å². The second-order valence-electron chi connectivity index (χ2n) is 7.29. The monoisotopic (exact) mass is 288 g/mol. The van der Waals surface area contributed by atoms with Crippen molar-refractivity contribution in [3.8, 4) is 0 Å². The number of amides is 1. The zero-order chi connectivity index (χ0) is 15.5. The van der Waals surface area contributed by atoms with Gasteiger partial charge in [0.15, 0.2) is 0 Å². The third-order valence-corrected chi connectivity index (χ3v) is 4.49. The Balaban J connectivity index is 1.85. The molecule has 0 unspecified atom stereocenters. The smallest absolute Gasteiger partial charge is 0.221 e. The highest BCUT2D eigenvalue weighted by molar-refractivity contribution is 5.88. The lowest BCUT2D eigenvalue weighted by molar-refractivity contribution is -0.114. The molecule has 116 valence electrons. The molecule has 0 radical (unpaired) electrons. The van der Waals surface area contributed by atoms with E-state index < -0.39 is 0 Å². The van der Waals surface area contributed by atoms with Crippen LogP contribution in [-0.4, -0.2) is 23.9 Å². The molecule has 21 heavy (non-hydrogen) atoms. The first-order valence-corrected chi connectivity index (χ1v) is 7.93. The number of benzene rings is 1. The quantitative estimate of drug-likeness (QED) is 0.914. The first kappa shape index (κ1) is 16.0. The summed E-state index contributed by atoms with van der Waals surface area (Å²) >= 11 is 0. The van der Waals surface area contributed by atoms with Gasteiger partial charge < -0.3 is 5.32 Å². The maximum atomic E-state index is 11.0. The van der Waals surface area contributed by atoms with E-state index in [0.717, 1.165) is 18.2 Å². The molecule has 1 N–H and O–H groups in total. The minimum Gasteiger partial charge on any atom is -0.326 e. The predicted molar refractivity (Wildman–Crippen MR) is 88.2 cm³/mol. The number of rotatable bonds is 3. The first-order valence-electron chi connectivity index (χ1n) is 7.93. The molecule has 1 heterocycles. The van der Waals surface area contributed by atoms with Crippen molar-refractivity contribution in [3.05, 3.63) is 29.8 Å². The van der Waals surface area contributed by atoms with Gasteiger partial charge in [-0.2, -0.15) is 0 Å². The van der Waals surface area contributed by atoms with Gasteiger partial charge >= 0.3 is 0 Å². The Morgan fingerprint density at radius 1 is 1.19 bits per heavy atom. The zero-order valence-corrected chi connectivity index (χ0v) is 13.8. The molecule has 1 fully saturated rings. The maximum Gasteiger partial charge on any atom is 0.221 e. The fourth-order valence-corrected chi connectivity index (χ4v) is 3.11. The SMILES string of the molecule is CC(=O)Nc1ccc(CN2CCC(C(C)(C)C)CC2)cc1. The summed E-state index contributed by atoms with van der Waals surface area (Å²) in [5.41, 5.74) is 2.63. The van der Waals surface area contributed by atoms with E-state index in [-0.39, 0.29) is 5.91 Å². The summed E-state index contributed by atoms with van der Waals surface area (Å²) in [4.78, 5) is 13.5. The van der Waals surface area contributed by atoms with Gasteiger partial charge in [0.2, 0.25) is 5.91 Å². The minimum absolute atomic E-state index is 0.0213. The molecule has 1 aromatic carbocycles. The van der Waals surface area contributed by atoms with Gasteiger partial charge in [-0.1, -0.05) is 32.9 Å². The highest BCUT2D eigenvalue weighted by atomic mass is 16.1. The Bertz CT molecular complexity index is 465. The molecule has 3 nitrogen and oxygen atoms in total. The molecule has 1 amide bonds. The number of likely N-dealkylation sites (tertiary alicyclic amines) is 1. The zero-order valence-electron chi connectivity index (χ0n) is 13.8. The van der Waals surface area contributed by atoms with Crippen LogP contribution in [0.2, 0.25) is 0 Å². The number of carbonyl (C=O) groups excluding carboxylic acids is 1. The van der Waals surface area contributed by atoms with Crippen LogP contribution >= 0.6 is 0 Å². The fourth-order valence-electron chi connectivity index (χ4n) is 3.11. The van der Waals surface area contributed by atoms with Crippen LogP contribution in [0.3, 0.4) is 0 Å². The molecule has 1 saturated heterocycles. The van der Waals surface area contributed by atoms with Crippen molar-refractivity contribution in [2.45, 2.75) is 47.1 Å². The van der Waals surface area contributed by atoms with Crippen molar-refractivity contribution in [2.75, 3.05) is 18.4 Å². The predicted octanol–water partition coefficient (Wildman–Crippen LogP) is 3.90. The summed E-state index contributed by atoms with van der Waals surface area (Å²) in [6.07, 6.45) is 2.60. The van der Waals surface area contributed by atoms with E-state index in [9.17, 15) is 4.79 Å². The van der Waals surface area contributed by atoms with Crippen molar-refractivity contribution in [1.29, 1.82) is 0 Å². The summed E-state index contributed by atoms with van der Waals surface area (Å²) in [7, 11) is 0. The van der Waals surface area contributed by atoms with E-state index in [0.29, 0.717) is 5.41 Å². The van der Waals surface area contributed by atoms with Crippen LogP contribution in [0.1, 0.15) is 46.1 Å². The van der Waals surface area contributed by atoms with E-state index in [4.69, 9.17) is 0 Å². The molecule has 0 saturated carbocycles. The van der Waals surface area contributed by atoms with Crippen LogP contribution < -0.4 is 5.32 Å². The third-order valence-electron chi connectivity index (χ3n) is 4.49. The molecular weight excluding hydrogens is 260 g/mol. The van der Waals surface area contributed by atoms with Gasteiger partial charge in [0.1, 0.15) is 0 Å². The number of hydrogen-bond acceptors (Lipinski definition) is 2. The average Bonchev–Trinajstić information content (AvgIpc) is 2.40. The minimum atomic E-state index is -0.0213. The van der Waals surface area contributed by atoms with Crippen molar-refractivity contribution < 1.29 is 4.79 Å². The lowest BCUT2D eigenvalue weighted by Crippen LogP contribution is -2.37. The Hall–Kier alpha value is -1.35. The van der Waals surface area contributed by atoms with Crippen molar-refractivity contribution in [3.63, 3.8) is 0 Å². The number of nitrogens with zero attached hydrogens (tertiary/aromatic N) is 1. The molecular formula is C18H28N2O. The molecule has 0 bridgehead atoms. The normalized spacial score (nSPS) is 17.7. The second-order valence-corrected chi connectivity index (χ2v) is 7.29. The number of carbonyl (C=O) groups is 1. The van der Waals surface area contributed by atoms with Crippen molar-refractivity contribution >= 4 is 11.6 Å². The van der Waals surface area contributed by atoms with Crippen molar-refractivity contribution in [2.24, 2.45) is 11.3 Å². The van der Waals surface area contributed by atoms with E-state index in [1.165, 1.54) is 38.4 Å². The van der Waals surface area contributed by atoms with Gasteiger partial charge in [-0.25, -0.2) is 0 Å². The molecule has 0 spiro atoms. The maximum absolute atomic E-state index is 11.0. The van der Waals surface area contributed by atoms with Crippen molar-refractivity contribution in [1.82, 2.24) is 4.90 Å². The highest BCUT2D eigenvalue weighted by Crippen LogP contribution is 2.34. The van der Waals surface area contributed by atoms with Gasteiger partial charge in [0.05, 0.1) is 0 Å². The summed E-state index contributed by atoms with van der Waals surface area (Å²) in [6.45, 7) is 12.0. The van der Waals surface area contributed by atoms with Gasteiger partial charge in [0.25, 0.3) is 0 Å². The topological polar surface area (TPSA) is 32.3 Å². The molecule has 0 aliphatic carbocycles. The molecule has 2 rings (SSSR count). The number of hydrogen-bond donors (Lipinski definition) is 1. The van der Waals surface area contributed by atoms with Gasteiger partial charge in [-0.3, -0.25) is 9.69 Å². The first-order chi connectivity index (χ1) is 9.84. The van der Waals surface area contributed by atoms with Gasteiger partial charge in [-0.15, -0.1) is 0 Å². The lowest BCUT2D eigenvalue weighted by atomic mass is 9.75. The van der Waals surface area contributed by atoms with Crippen LogP contribution in [0.15, 0.2) is 24.3 Å². The number of piperidine rings is 1. The van der Waals surface area contributed by atoms with Crippen LogP contribution in [0, 0.1) is 11.3 Å². The number of nitrogens with one attached hydrogen (secondary N) is 1. The van der Waals surface area contributed by atoms with E-state index in [1.807, 2.05) is 12.1 Å². The summed E-state index contributed by atoms with van der Waals surface area (Å²) in [5, 5.41) is 2.81. The number of anilines is 1. The van der Waals surface area contributed by atoms with E-state index in [2.05, 4.69) is 43.1 Å². The molecule has 0 aromatic heterocycles. The summed E-state index contributed by atoms with van der Waals surface area (Å²) in [6, 6.07) is 8.19. The summed E-state index contributed by atoms with van der Waals surface area (Å²) < 4.78 is 0. The Kier molecular flexibility index (Phi) is 5.04. The van der Waals surface area contributed by atoms with Crippen LogP contribution in [0.25, 0.3) is 0 Å². The fraction of sp³-hybridized carbons (Fsp3) is 0.611. The second kappa shape index (κ2) is 6.61. The Morgan fingerprint density at radius 2 is 1.76 bits per heavy atom. The molecule has 1 aromatic rings. The third kappa shape index (κ3) is 4.85. The Labute approximate surface area is 128 Å². The Morgan fingerprint density at radius 3 is 2.24 bits per heavy atom. The highest BCUT2D eigenvalue weighted by Gasteiger charge is 2.28. The largest absolute Gasteiger partial charge is 0.326 e.